The number of likely N-dealkylation sites (N-methyl/N-ethyl adjacent to an activating group) is 1. The SMILES string of the molecule is CCNC(=O)CN1CCN(C(=O)c2cc(C)n(-c3cc(C)on3)c2C)CC1. The molecule has 0 saturated carbocycles. The zero-order valence-corrected chi connectivity index (χ0v) is 16.4. The van der Waals surface area contributed by atoms with Crippen LogP contribution in [0.15, 0.2) is 16.7 Å². The molecule has 1 fully saturated rings. The number of rotatable bonds is 5. The Hall–Kier alpha value is -2.61. The molecule has 8 nitrogen and oxygen atoms in total. The smallest absolute Gasteiger partial charge is 0.255 e. The first-order chi connectivity index (χ1) is 12.9. The van der Waals surface area contributed by atoms with E-state index < -0.39 is 0 Å². The van der Waals surface area contributed by atoms with E-state index in [0.29, 0.717) is 50.6 Å². The van der Waals surface area contributed by atoms with E-state index in [1.54, 1.807) is 0 Å². The third-order valence-corrected chi connectivity index (χ3v) is 4.91. The van der Waals surface area contributed by atoms with Gasteiger partial charge in [0.15, 0.2) is 5.82 Å². The molecule has 3 rings (SSSR count). The molecule has 1 N–H and O–H groups in total. The molecule has 2 aromatic heterocycles. The summed E-state index contributed by atoms with van der Waals surface area (Å²) >= 11 is 0. The molecule has 2 aromatic rings. The maximum atomic E-state index is 13.0. The fourth-order valence-electron chi connectivity index (χ4n) is 3.53. The van der Waals surface area contributed by atoms with Gasteiger partial charge in [0.1, 0.15) is 5.76 Å². The first-order valence-electron chi connectivity index (χ1n) is 9.31. The summed E-state index contributed by atoms with van der Waals surface area (Å²) in [7, 11) is 0. The van der Waals surface area contributed by atoms with Gasteiger partial charge in [-0.05, 0) is 33.8 Å². The predicted octanol–water partition coefficient (Wildman–Crippen LogP) is 1.28. The molecule has 1 saturated heterocycles. The van der Waals surface area contributed by atoms with Crippen LogP contribution in [0.1, 0.15) is 34.4 Å². The summed E-state index contributed by atoms with van der Waals surface area (Å²) in [6.07, 6.45) is 0. The molecule has 27 heavy (non-hydrogen) atoms. The normalized spacial score (nSPS) is 15.2. The van der Waals surface area contributed by atoms with Crippen molar-refractivity contribution in [2.75, 3.05) is 39.3 Å². The van der Waals surface area contributed by atoms with Crippen molar-refractivity contribution in [1.29, 1.82) is 0 Å². The Balaban J connectivity index is 1.68. The van der Waals surface area contributed by atoms with Gasteiger partial charge in [-0.2, -0.15) is 0 Å². The van der Waals surface area contributed by atoms with Crippen LogP contribution in [-0.4, -0.2) is 70.6 Å². The minimum atomic E-state index is 0.0206. The maximum absolute atomic E-state index is 13.0. The third kappa shape index (κ3) is 4.05. The van der Waals surface area contributed by atoms with Gasteiger partial charge in [0.25, 0.3) is 5.91 Å². The van der Waals surface area contributed by atoms with Crippen molar-refractivity contribution >= 4 is 11.8 Å². The van der Waals surface area contributed by atoms with Crippen LogP contribution in [0.25, 0.3) is 5.82 Å². The lowest BCUT2D eigenvalue weighted by atomic mass is 10.2. The van der Waals surface area contributed by atoms with Crippen LogP contribution in [0.3, 0.4) is 0 Å². The van der Waals surface area contributed by atoms with Crippen molar-refractivity contribution in [3.8, 4) is 5.82 Å². The second-order valence-electron chi connectivity index (χ2n) is 6.94. The van der Waals surface area contributed by atoms with Crippen molar-refractivity contribution in [2.45, 2.75) is 27.7 Å². The number of aryl methyl sites for hydroxylation is 2. The second-order valence-corrected chi connectivity index (χ2v) is 6.94. The lowest BCUT2D eigenvalue weighted by Crippen LogP contribution is -2.51. The number of piperazine rings is 1. The molecule has 0 atom stereocenters. The molecule has 0 aliphatic carbocycles. The van der Waals surface area contributed by atoms with E-state index >= 15 is 0 Å². The van der Waals surface area contributed by atoms with Crippen LogP contribution in [0.4, 0.5) is 0 Å². The molecular formula is C19H27N5O3. The monoisotopic (exact) mass is 373 g/mol. The molecule has 146 valence electrons. The Morgan fingerprint density at radius 1 is 1.15 bits per heavy atom. The minimum Gasteiger partial charge on any atom is -0.360 e. The first kappa shape index (κ1) is 19.2. The van der Waals surface area contributed by atoms with Crippen molar-refractivity contribution in [1.82, 2.24) is 24.8 Å². The molecule has 0 aromatic carbocycles. The standard InChI is InChI=1S/C19H27N5O3/c1-5-20-18(25)12-22-6-8-23(9-7-22)19(26)16-10-13(2)24(15(16)4)17-11-14(3)27-21-17/h10-11H,5-9,12H2,1-4H3,(H,20,25). The quantitative estimate of drug-likeness (QED) is 0.854. The molecular weight excluding hydrogens is 346 g/mol. The minimum absolute atomic E-state index is 0.0206. The number of carbonyl (C=O) groups excluding carboxylic acids is 2. The van der Waals surface area contributed by atoms with Gasteiger partial charge in [-0.3, -0.25) is 19.1 Å². The van der Waals surface area contributed by atoms with Crippen LogP contribution in [-0.2, 0) is 4.79 Å². The van der Waals surface area contributed by atoms with Gasteiger partial charge in [0, 0.05) is 50.2 Å². The summed E-state index contributed by atoms with van der Waals surface area (Å²) in [6, 6.07) is 3.76. The molecule has 0 radical (unpaired) electrons. The van der Waals surface area contributed by atoms with Crippen molar-refractivity contribution in [3.05, 3.63) is 34.8 Å². The highest BCUT2D eigenvalue weighted by Gasteiger charge is 2.26. The van der Waals surface area contributed by atoms with E-state index in [4.69, 9.17) is 4.52 Å². The van der Waals surface area contributed by atoms with Gasteiger partial charge in [0.2, 0.25) is 5.91 Å². The van der Waals surface area contributed by atoms with Gasteiger partial charge in [-0.25, -0.2) is 0 Å². The molecule has 1 aliphatic rings. The van der Waals surface area contributed by atoms with E-state index in [0.717, 1.165) is 17.1 Å². The first-order valence-corrected chi connectivity index (χ1v) is 9.31. The average Bonchev–Trinajstić information content (AvgIpc) is 3.17. The summed E-state index contributed by atoms with van der Waals surface area (Å²) in [5.74, 6) is 1.47. The largest absolute Gasteiger partial charge is 0.360 e. The zero-order valence-electron chi connectivity index (χ0n) is 16.4. The van der Waals surface area contributed by atoms with Gasteiger partial charge in [-0.1, -0.05) is 5.16 Å². The van der Waals surface area contributed by atoms with Crippen LogP contribution >= 0.6 is 0 Å². The summed E-state index contributed by atoms with van der Waals surface area (Å²) in [6.45, 7) is 11.3. The molecule has 0 unspecified atom stereocenters. The van der Waals surface area contributed by atoms with E-state index in [2.05, 4.69) is 15.4 Å². The molecule has 0 spiro atoms. The molecule has 3 heterocycles. The fourth-order valence-corrected chi connectivity index (χ4v) is 3.53. The molecule has 1 aliphatic heterocycles. The van der Waals surface area contributed by atoms with Gasteiger partial charge < -0.3 is 14.7 Å². The zero-order chi connectivity index (χ0) is 19.6. The molecule has 8 heteroatoms. The summed E-state index contributed by atoms with van der Waals surface area (Å²) in [4.78, 5) is 28.7. The highest BCUT2D eigenvalue weighted by Crippen LogP contribution is 2.22. The Morgan fingerprint density at radius 3 is 2.44 bits per heavy atom. The Kier molecular flexibility index (Phi) is 5.65. The predicted molar refractivity (Wildman–Crippen MR) is 101 cm³/mol. The van der Waals surface area contributed by atoms with Crippen LogP contribution < -0.4 is 5.32 Å². The van der Waals surface area contributed by atoms with E-state index in [1.165, 1.54) is 0 Å². The van der Waals surface area contributed by atoms with Crippen LogP contribution in [0, 0.1) is 20.8 Å². The van der Waals surface area contributed by atoms with E-state index in [1.807, 2.05) is 49.3 Å². The van der Waals surface area contributed by atoms with Crippen molar-refractivity contribution in [3.63, 3.8) is 0 Å². The Labute approximate surface area is 159 Å². The lowest BCUT2D eigenvalue weighted by Gasteiger charge is -2.34. The van der Waals surface area contributed by atoms with E-state index in [-0.39, 0.29) is 11.8 Å². The number of carbonyl (C=O) groups is 2. The number of aromatic nitrogens is 2. The Morgan fingerprint density at radius 2 is 1.85 bits per heavy atom. The second kappa shape index (κ2) is 7.96. The van der Waals surface area contributed by atoms with Gasteiger partial charge >= 0.3 is 0 Å². The highest BCUT2D eigenvalue weighted by molar-refractivity contribution is 5.96. The molecule has 0 bridgehead atoms. The van der Waals surface area contributed by atoms with Crippen molar-refractivity contribution < 1.29 is 14.1 Å². The summed E-state index contributed by atoms with van der Waals surface area (Å²) in [5.41, 5.74) is 2.49. The summed E-state index contributed by atoms with van der Waals surface area (Å²) in [5, 5.41) is 6.87. The van der Waals surface area contributed by atoms with Gasteiger partial charge in [-0.15, -0.1) is 0 Å². The fraction of sp³-hybridized carbons (Fsp3) is 0.526. The topological polar surface area (TPSA) is 83.6 Å². The van der Waals surface area contributed by atoms with Crippen LogP contribution in [0.2, 0.25) is 0 Å². The Bertz CT molecular complexity index is 831. The van der Waals surface area contributed by atoms with Crippen LogP contribution in [0.5, 0.6) is 0 Å². The number of hydrogen-bond acceptors (Lipinski definition) is 5. The lowest BCUT2D eigenvalue weighted by molar-refractivity contribution is -0.122. The highest BCUT2D eigenvalue weighted by atomic mass is 16.5. The average molecular weight is 373 g/mol. The number of hydrogen-bond donors (Lipinski definition) is 1. The van der Waals surface area contributed by atoms with E-state index in [9.17, 15) is 9.59 Å². The third-order valence-electron chi connectivity index (χ3n) is 4.91. The number of nitrogens with one attached hydrogen (secondary N) is 1. The maximum Gasteiger partial charge on any atom is 0.255 e. The van der Waals surface area contributed by atoms with Crippen molar-refractivity contribution in [2.24, 2.45) is 0 Å². The summed E-state index contributed by atoms with van der Waals surface area (Å²) < 4.78 is 7.11. The molecule has 2 amide bonds. The van der Waals surface area contributed by atoms with Gasteiger partial charge in [0.05, 0.1) is 12.1 Å². The number of nitrogens with zero attached hydrogens (tertiary/aromatic N) is 4. The number of amides is 2.